The van der Waals surface area contributed by atoms with Gasteiger partial charge in [-0.25, -0.2) is 23.1 Å². The van der Waals surface area contributed by atoms with Gasteiger partial charge < -0.3 is 9.13 Å². The highest BCUT2D eigenvalue weighted by atomic mass is 15.1. The van der Waals surface area contributed by atoms with E-state index in [4.69, 9.17) is 6.57 Å². The summed E-state index contributed by atoms with van der Waals surface area (Å²) in [5, 5.41) is 15.1. The second kappa shape index (κ2) is 14.7. The average Bonchev–Trinajstić information content (AvgIpc) is 4.00. The summed E-state index contributed by atoms with van der Waals surface area (Å²) in [4.78, 5) is 3.87. The van der Waals surface area contributed by atoms with Crippen LogP contribution in [0.4, 0.5) is 5.69 Å². The van der Waals surface area contributed by atoms with E-state index in [1.165, 1.54) is 32.7 Å². The average molecular weight is 733 g/mol. The number of hydrogen-bond donors (Lipinski definition) is 0. The number of unbranched alkanes of at least 4 members (excludes halogenated alkanes) is 2. The number of fused-ring (bicyclic) bond motifs is 6. The van der Waals surface area contributed by atoms with E-state index >= 15 is 0 Å². The molecule has 9 aromatic rings. The quantitative estimate of drug-likeness (QED) is 0.0702. The third-order valence-electron chi connectivity index (χ3n) is 11.2. The molecule has 0 saturated heterocycles. The Kier molecular flexibility index (Phi) is 9.17. The summed E-state index contributed by atoms with van der Waals surface area (Å²) >= 11 is 0. The molecule has 0 radical (unpaired) electrons. The smallest absolute Gasteiger partial charge is 0.243 e. The van der Waals surface area contributed by atoms with Crippen molar-refractivity contribution in [1.29, 1.82) is 5.26 Å². The topological polar surface area (TPSA) is 55.6 Å². The monoisotopic (exact) mass is 732 g/mol. The molecule has 0 atom stereocenters. The molecule has 0 amide bonds. The Labute approximate surface area is 326 Å². The molecule has 4 aromatic heterocycles. The van der Waals surface area contributed by atoms with E-state index in [2.05, 4.69) is 175 Å². The number of para-hydroxylation sites is 2. The van der Waals surface area contributed by atoms with Crippen molar-refractivity contribution in [2.45, 2.75) is 51.6 Å². The van der Waals surface area contributed by atoms with E-state index in [9.17, 15) is 5.26 Å². The number of benzene rings is 5. The summed E-state index contributed by atoms with van der Waals surface area (Å²) in [6.07, 6.45) is 19.1. The summed E-state index contributed by atoms with van der Waals surface area (Å²) < 4.78 is 13.2. The molecule has 274 valence electrons. The molecular formula is C48H44N8+2. The van der Waals surface area contributed by atoms with E-state index in [0.29, 0.717) is 11.3 Å². The van der Waals surface area contributed by atoms with Gasteiger partial charge in [0.15, 0.2) is 0 Å². The molecule has 0 spiro atoms. The minimum atomic E-state index is 0.349. The number of aryl methyl sites for hydroxylation is 6. The van der Waals surface area contributed by atoms with Crippen LogP contribution >= 0.6 is 0 Å². The fourth-order valence-corrected chi connectivity index (χ4v) is 8.49. The van der Waals surface area contributed by atoms with Crippen LogP contribution in [-0.2, 0) is 40.0 Å². The SMILES string of the molecule is [C-]#[N+]c1cc(-n2c3ccccc3c3cc(CCCCn4cc[n+](C)c4)ccc32)c(-n2c3ccccc3c3cc(CCCCn4cc[n+](C)c4)ccc32)cc1C#N. The Morgan fingerprint density at radius 1 is 0.589 bits per heavy atom. The van der Waals surface area contributed by atoms with E-state index in [-0.39, 0.29) is 0 Å². The first kappa shape index (κ1) is 34.8. The van der Waals surface area contributed by atoms with Gasteiger partial charge in [0.1, 0.15) is 24.8 Å². The zero-order chi connectivity index (χ0) is 38.2. The lowest BCUT2D eigenvalue weighted by molar-refractivity contribution is -0.671. The first-order chi connectivity index (χ1) is 27.5. The maximum atomic E-state index is 10.3. The molecular weight excluding hydrogens is 689 g/mol. The normalized spacial score (nSPS) is 11.6. The van der Waals surface area contributed by atoms with Gasteiger partial charge in [0.05, 0.1) is 78.8 Å². The zero-order valence-electron chi connectivity index (χ0n) is 31.9. The number of hydrogen-bond acceptors (Lipinski definition) is 1. The van der Waals surface area contributed by atoms with Crippen LogP contribution in [0.3, 0.4) is 0 Å². The largest absolute Gasteiger partial charge is 0.308 e. The fraction of sp³-hybridized carbons (Fsp3) is 0.208. The highest BCUT2D eigenvalue weighted by Crippen LogP contribution is 2.41. The van der Waals surface area contributed by atoms with E-state index in [1.54, 1.807) is 0 Å². The maximum absolute atomic E-state index is 10.3. The van der Waals surface area contributed by atoms with E-state index in [1.807, 2.05) is 12.1 Å². The minimum absolute atomic E-state index is 0.349. The van der Waals surface area contributed by atoms with Crippen molar-refractivity contribution in [3.05, 3.63) is 163 Å². The molecule has 0 bridgehead atoms. The predicted molar refractivity (Wildman–Crippen MR) is 223 cm³/mol. The highest BCUT2D eigenvalue weighted by Gasteiger charge is 2.22. The van der Waals surface area contributed by atoms with Crippen molar-refractivity contribution in [2.24, 2.45) is 14.1 Å². The Hall–Kier alpha value is -6.90. The second-order valence-corrected chi connectivity index (χ2v) is 15.0. The zero-order valence-corrected chi connectivity index (χ0v) is 31.9. The van der Waals surface area contributed by atoms with Crippen LogP contribution in [0.25, 0.3) is 59.8 Å². The third-order valence-corrected chi connectivity index (χ3v) is 11.2. The molecule has 0 fully saturated rings. The van der Waals surface area contributed by atoms with Crippen LogP contribution in [0.15, 0.2) is 135 Å². The summed E-state index contributed by atoms with van der Waals surface area (Å²) in [7, 11) is 4.11. The van der Waals surface area contributed by atoms with Crippen molar-refractivity contribution in [1.82, 2.24) is 18.3 Å². The van der Waals surface area contributed by atoms with Gasteiger partial charge in [-0.2, -0.15) is 5.26 Å². The molecule has 8 nitrogen and oxygen atoms in total. The van der Waals surface area contributed by atoms with Gasteiger partial charge in [0.25, 0.3) is 0 Å². The standard InChI is InChI=1S/C48H44N8/c1-50-42-31-48(56-44-17-7-5-15-39(44)41-29-36(19-21-46(41)56)13-9-11-23-54-27-25-52(3)34-54)47(30-37(42)32-49)55-43-16-6-4-14-38(43)40-28-35(18-20-45(40)55)12-8-10-22-53-26-24-51(2)33-53/h4-7,14-21,24-31,33-34H,8-13,22-23H2,2-3H3/q+2. The van der Waals surface area contributed by atoms with Gasteiger partial charge in [-0.05, 0) is 98.2 Å². The number of rotatable bonds is 12. The lowest BCUT2D eigenvalue weighted by Crippen LogP contribution is -2.23. The number of imidazole rings is 2. The molecule has 0 N–H and O–H groups in total. The molecule has 8 heteroatoms. The van der Waals surface area contributed by atoms with Gasteiger partial charge in [-0.1, -0.05) is 48.5 Å². The lowest BCUT2D eigenvalue weighted by Gasteiger charge is -2.18. The molecule has 9 rings (SSSR count). The summed E-state index contributed by atoms with van der Waals surface area (Å²) in [6.45, 7) is 10.1. The van der Waals surface area contributed by atoms with Gasteiger partial charge in [0.2, 0.25) is 18.3 Å². The van der Waals surface area contributed by atoms with Crippen LogP contribution in [0.2, 0.25) is 0 Å². The van der Waals surface area contributed by atoms with Gasteiger partial charge in [0, 0.05) is 21.5 Å². The third kappa shape index (κ3) is 6.40. The molecule has 0 aliphatic heterocycles. The summed E-state index contributed by atoms with van der Waals surface area (Å²) in [5.74, 6) is 0. The Bertz CT molecular complexity index is 2790. The molecule has 0 aliphatic rings. The van der Waals surface area contributed by atoms with Crippen molar-refractivity contribution in [3.63, 3.8) is 0 Å². The van der Waals surface area contributed by atoms with Gasteiger partial charge in [-0.15, -0.1) is 0 Å². The maximum Gasteiger partial charge on any atom is 0.243 e. The molecule has 4 heterocycles. The number of nitrogens with zero attached hydrogens (tertiary/aromatic N) is 8. The first-order valence-electron chi connectivity index (χ1n) is 19.5. The van der Waals surface area contributed by atoms with E-state index in [0.717, 1.165) is 85.1 Å². The predicted octanol–water partition coefficient (Wildman–Crippen LogP) is 9.60. The Morgan fingerprint density at radius 3 is 1.54 bits per heavy atom. The second-order valence-electron chi connectivity index (χ2n) is 15.0. The first-order valence-corrected chi connectivity index (χ1v) is 19.5. The van der Waals surface area contributed by atoms with Crippen molar-refractivity contribution < 1.29 is 9.13 Å². The van der Waals surface area contributed by atoms with Crippen LogP contribution in [0.1, 0.15) is 42.4 Å². The number of nitriles is 1. The Balaban J connectivity index is 1.14. The van der Waals surface area contributed by atoms with Crippen LogP contribution in [0, 0.1) is 17.9 Å². The van der Waals surface area contributed by atoms with Crippen LogP contribution in [-0.4, -0.2) is 18.3 Å². The molecule has 5 aromatic carbocycles. The molecule has 0 unspecified atom stereocenters. The van der Waals surface area contributed by atoms with Crippen LogP contribution in [0.5, 0.6) is 0 Å². The summed E-state index contributed by atoms with van der Waals surface area (Å²) in [5.41, 5.74) is 9.39. The molecule has 56 heavy (non-hydrogen) atoms. The van der Waals surface area contributed by atoms with E-state index < -0.39 is 0 Å². The number of aromatic nitrogens is 6. The van der Waals surface area contributed by atoms with Gasteiger partial charge in [-0.3, -0.25) is 0 Å². The summed E-state index contributed by atoms with van der Waals surface area (Å²) in [6, 6.07) is 37.0. The van der Waals surface area contributed by atoms with Crippen LogP contribution < -0.4 is 9.13 Å². The van der Waals surface area contributed by atoms with Crippen molar-refractivity contribution in [2.75, 3.05) is 0 Å². The molecule has 0 aliphatic carbocycles. The van der Waals surface area contributed by atoms with Crippen molar-refractivity contribution in [3.8, 4) is 17.4 Å². The van der Waals surface area contributed by atoms with Gasteiger partial charge >= 0.3 is 0 Å². The Morgan fingerprint density at radius 2 is 1.07 bits per heavy atom. The molecule has 0 saturated carbocycles. The fourth-order valence-electron chi connectivity index (χ4n) is 8.49. The highest BCUT2D eigenvalue weighted by molar-refractivity contribution is 6.12. The lowest BCUT2D eigenvalue weighted by atomic mass is 10.0. The van der Waals surface area contributed by atoms with Crippen molar-refractivity contribution >= 4 is 49.3 Å². The minimum Gasteiger partial charge on any atom is -0.308 e.